The molecule has 2 fully saturated rings. The van der Waals surface area contributed by atoms with Crippen LogP contribution in [0.3, 0.4) is 0 Å². The number of hydrogen-bond acceptors (Lipinski definition) is 3. The van der Waals surface area contributed by atoms with Gasteiger partial charge in [0.25, 0.3) is 11.8 Å². The van der Waals surface area contributed by atoms with Crippen molar-refractivity contribution in [3.8, 4) is 0 Å². The molecule has 0 spiro atoms. The number of piperazine rings is 2. The van der Waals surface area contributed by atoms with E-state index in [-0.39, 0.29) is 17.6 Å². The highest BCUT2D eigenvalue weighted by atomic mass is 19.1. The summed E-state index contributed by atoms with van der Waals surface area (Å²) in [7, 11) is 0. The van der Waals surface area contributed by atoms with Crippen molar-refractivity contribution in [2.45, 2.75) is 13.3 Å². The Kier molecular flexibility index (Phi) is 7.83. The van der Waals surface area contributed by atoms with E-state index >= 15 is 0 Å². The second kappa shape index (κ2) is 10.5. The number of benzene rings is 1. The first-order chi connectivity index (χ1) is 14.0. The quantitative estimate of drug-likeness (QED) is 0.480. The van der Waals surface area contributed by atoms with E-state index in [9.17, 15) is 14.0 Å². The zero-order valence-electron chi connectivity index (χ0n) is 17.4. The van der Waals surface area contributed by atoms with Gasteiger partial charge in [0, 0.05) is 12.2 Å². The molecule has 0 aliphatic carbocycles. The maximum Gasteiger partial charge on any atom is 0.278 e. The molecule has 0 bridgehead atoms. The molecule has 2 aliphatic rings. The highest BCUT2D eigenvalue weighted by Gasteiger charge is 2.29. The van der Waals surface area contributed by atoms with Crippen LogP contribution in [0.15, 0.2) is 24.3 Å². The van der Waals surface area contributed by atoms with E-state index in [1.54, 1.807) is 0 Å². The molecular weight excluding hydrogens is 373 g/mol. The first-order valence-electron chi connectivity index (χ1n) is 10.8. The Morgan fingerprint density at radius 3 is 2.17 bits per heavy atom. The van der Waals surface area contributed by atoms with Gasteiger partial charge in [0.2, 0.25) is 0 Å². The van der Waals surface area contributed by atoms with Crippen LogP contribution in [0, 0.1) is 5.82 Å². The third-order valence-electron chi connectivity index (χ3n) is 5.87. The molecule has 2 aliphatic heterocycles. The molecule has 0 saturated carbocycles. The Bertz CT molecular complexity index is 668. The van der Waals surface area contributed by atoms with Crippen molar-refractivity contribution in [1.29, 1.82) is 0 Å². The Balaban J connectivity index is 1.36. The zero-order chi connectivity index (χ0) is 20.6. The lowest BCUT2D eigenvalue weighted by atomic mass is 10.2. The number of halogens is 1. The van der Waals surface area contributed by atoms with Crippen LogP contribution in [0.25, 0.3) is 0 Å². The summed E-state index contributed by atoms with van der Waals surface area (Å²) in [5.74, 6) is 0.0990. The Hall–Kier alpha value is -2.19. The number of carbonyl (C=O) groups is 2. The van der Waals surface area contributed by atoms with Gasteiger partial charge in [-0.05, 0) is 30.7 Å². The minimum Gasteiger partial charge on any atom is -0.360 e. The molecule has 2 heterocycles. The normalized spacial score (nSPS) is 18.7. The molecule has 1 aromatic rings. The Morgan fingerprint density at radius 1 is 0.966 bits per heavy atom. The second-order valence-corrected chi connectivity index (χ2v) is 8.05. The van der Waals surface area contributed by atoms with E-state index in [1.165, 1.54) is 21.9 Å². The van der Waals surface area contributed by atoms with Crippen molar-refractivity contribution in [2.24, 2.45) is 0 Å². The number of quaternary nitrogens is 2. The van der Waals surface area contributed by atoms with Crippen LogP contribution in [-0.4, -0.2) is 88.7 Å². The largest absolute Gasteiger partial charge is 0.360 e. The van der Waals surface area contributed by atoms with Gasteiger partial charge in [0.1, 0.15) is 5.82 Å². The smallest absolute Gasteiger partial charge is 0.278 e. The lowest BCUT2D eigenvalue weighted by Crippen LogP contribution is -3.17. The highest BCUT2D eigenvalue weighted by Crippen LogP contribution is 2.14. The number of anilines is 1. The summed E-state index contributed by atoms with van der Waals surface area (Å²) in [4.78, 5) is 31.3. The Labute approximate surface area is 172 Å². The van der Waals surface area contributed by atoms with Crippen molar-refractivity contribution in [1.82, 2.24) is 10.2 Å². The monoisotopic (exact) mass is 407 g/mol. The topological polar surface area (TPSA) is 61.5 Å². The predicted octanol–water partition coefficient (Wildman–Crippen LogP) is -2.22. The molecule has 2 amide bonds. The first kappa shape index (κ1) is 21.5. The van der Waals surface area contributed by atoms with Crippen LogP contribution < -0.4 is 20.0 Å². The third-order valence-corrected chi connectivity index (χ3v) is 5.87. The van der Waals surface area contributed by atoms with E-state index in [4.69, 9.17) is 0 Å². The summed E-state index contributed by atoms with van der Waals surface area (Å²) in [6.07, 6.45) is 0.948. The van der Waals surface area contributed by atoms with Crippen molar-refractivity contribution < 1.29 is 23.8 Å². The van der Waals surface area contributed by atoms with Crippen LogP contribution in [0.5, 0.6) is 0 Å². The summed E-state index contributed by atoms with van der Waals surface area (Å²) in [6.45, 7) is 10.5. The summed E-state index contributed by atoms with van der Waals surface area (Å²) in [6, 6.07) is 6.62. The van der Waals surface area contributed by atoms with Crippen LogP contribution in [-0.2, 0) is 9.59 Å². The fourth-order valence-corrected chi connectivity index (χ4v) is 4.04. The van der Waals surface area contributed by atoms with Gasteiger partial charge in [0.05, 0.1) is 52.4 Å². The maximum absolute atomic E-state index is 13.1. The van der Waals surface area contributed by atoms with E-state index in [0.29, 0.717) is 13.1 Å². The van der Waals surface area contributed by atoms with Crippen molar-refractivity contribution in [3.05, 3.63) is 30.1 Å². The lowest BCUT2D eigenvalue weighted by Gasteiger charge is -2.35. The maximum atomic E-state index is 13.1. The molecule has 0 unspecified atom stereocenters. The number of hydrogen-bond donors (Lipinski definition) is 3. The summed E-state index contributed by atoms with van der Waals surface area (Å²) < 4.78 is 13.1. The number of nitrogens with one attached hydrogen (secondary N) is 3. The molecule has 7 nitrogen and oxygen atoms in total. The number of carbonyl (C=O) groups excluding carboxylic acids is 2. The summed E-state index contributed by atoms with van der Waals surface area (Å²) in [5, 5.41) is 2.92. The number of nitrogens with zero attached hydrogens (tertiary/aromatic N) is 2. The molecule has 1 aromatic carbocycles. The number of amides is 2. The van der Waals surface area contributed by atoms with Gasteiger partial charge in [0.15, 0.2) is 13.1 Å². The van der Waals surface area contributed by atoms with Gasteiger partial charge in [-0.15, -0.1) is 0 Å². The van der Waals surface area contributed by atoms with Crippen LogP contribution in [0.1, 0.15) is 13.3 Å². The average molecular weight is 408 g/mol. The van der Waals surface area contributed by atoms with Crippen molar-refractivity contribution in [2.75, 3.05) is 76.9 Å². The molecule has 0 aromatic heterocycles. The van der Waals surface area contributed by atoms with Gasteiger partial charge >= 0.3 is 0 Å². The fraction of sp³-hybridized carbons (Fsp3) is 0.619. The SMILES string of the molecule is CCCNC(=O)C[NH+]1CCN(C(=O)C[NH+]2CCN(c3ccc(F)cc3)CC2)CC1. The number of rotatable bonds is 7. The van der Waals surface area contributed by atoms with Crippen molar-refractivity contribution in [3.63, 3.8) is 0 Å². The van der Waals surface area contributed by atoms with Gasteiger partial charge < -0.3 is 24.9 Å². The molecule has 3 rings (SSSR count). The molecule has 0 radical (unpaired) electrons. The molecule has 160 valence electrons. The molecule has 2 saturated heterocycles. The van der Waals surface area contributed by atoms with E-state index < -0.39 is 0 Å². The van der Waals surface area contributed by atoms with Gasteiger partial charge in [-0.1, -0.05) is 6.92 Å². The Morgan fingerprint density at radius 2 is 1.55 bits per heavy atom. The van der Waals surface area contributed by atoms with E-state index in [0.717, 1.165) is 71.0 Å². The minimum absolute atomic E-state index is 0.102. The molecule has 8 heteroatoms. The third kappa shape index (κ3) is 6.40. The van der Waals surface area contributed by atoms with Crippen LogP contribution in [0.2, 0.25) is 0 Å². The molecule has 0 atom stereocenters. The summed E-state index contributed by atoms with van der Waals surface area (Å²) in [5.41, 5.74) is 1.04. The molecule has 29 heavy (non-hydrogen) atoms. The van der Waals surface area contributed by atoms with Crippen molar-refractivity contribution >= 4 is 17.5 Å². The van der Waals surface area contributed by atoms with E-state index in [2.05, 4.69) is 10.2 Å². The summed E-state index contributed by atoms with van der Waals surface area (Å²) >= 11 is 0. The standard InChI is InChI=1S/C21H32FN5O2/c1-2-7-23-20(28)16-24-10-14-27(15-11-24)21(29)17-25-8-12-26(13-9-25)19-5-3-18(22)4-6-19/h3-6H,2,7-17H2,1H3,(H,23,28)/p+2. The van der Waals surface area contributed by atoms with Gasteiger partial charge in [-0.3, -0.25) is 9.59 Å². The van der Waals surface area contributed by atoms with Gasteiger partial charge in [-0.2, -0.15) is 0 Å². The van der Waals surface area contributed by atoms with Crippen LogP contribution >= 0.6 is 0 Å². The minimum atomic E-state index is -0.216. The predicted molar refractivity (Wildman–Crippen MR) is 110 cm³/mol. The molecular formula is C21H34FN5O2+2. The van der Waals surface area contributed by atoms with Crippen LogP contribution in [0.4, 0.5) is 10.1 Å². The molecule has 3 N–H and O–H groups in total. The fourth-order valence-electron chi connectivity index (χ4n) is 4.04. The lowest BCUT2D eigenvalue weighted by molar-refractivity contribution is -0.898. The first-order valence-corrected chi connectivity index (χ1v) is 10.8. The zero-order valence-corrected chi connectivity index (χ0v) is 17.4. The van der Waals surface area contributed by atoms with E-state index in [1.807, 2.05) is 24.0 Å². The van der Waals surface area contributed by atoms with Gasteiger partial charge in [-0.25, -0.2) is 4.39 Å². The second-order valence-electron chi connectivity index (χ2n) is 8.05. The average Bonchev–Trinajstić information content (AvgIpc) is 2.74. The highest BCUT2D eigenvalue weighted by molar-refractivity contribution is 5.77.